The minimum atomic E-state index is 0. The van der Waals surface area contributed by atoms with Crippen molar-refractivity contribution in [2.24, 2.45) is 0 Å². The van der Waals surface area contributed by atoms with Gasteiger partial charge in [0.15, 0.2) is 0 Å². The summed E-state index contributed by atoms with van der Waals surface area (Å²) in [5.74, 6) is 0. The average molecular weight is 307 g/mol. The summed E-state index contributed by atoms with van der Waals surface area (Å²) >= 11 is 0. The molecule has 0 saturated carbocycles. The maximum absolute atomic E-state index is 5.14. The van der Waals surface area contributed by atoms with E-state index in [0.29, 0.717) is 6.04 Å². The van der Waals surface area contributed by atoms with Crippen molar-refractivity contribution in [3.8, 4) is 11.3 Å². The molecule has 114 valence electrons. The summed E-state index contributed by atoms with van der Waals surface area (Å²) in [6.07, 6.45) is 6.53. The highest BCUT2D eigenvalue weighted by Gasteiger charge is 2.24. The fourth-order valence-electron chi connectivity index (χ4n) is 3.16. The van der Waals surface area contributed by atoms with Crippen LogP contribution in [0.15, 0.2) is 29.0 Å². The maximum atomic E-state index is 5.14. The molecule has 1 unspecified atom stereocenters. The molecule has 0 aliphatic heterocycles. The fraction of sp³-hybridized carbons (Fsp3) is 0.471. The number of aromatic nitrogens is 1. The third kappa shape index (κ3) is 3.14. The van der Waals surface area contributed by atoms with Crippen LogP contribution >= 0.6 is 12.4 Å². The molecule has 4 heteroatoms. The number of benzene rings is 1. The zero-order chi connectivity index (χ0) is 13.9. The second-order valence-electron chi connectivity index (χ2n) is 5.62. The van der Waals surface area contributed by atoms with E-state index >= 15 is 0 Å². The van der Waals surface area contributed by atoms with Gasteiger partial charge in [-0.2, -0.15) is 0 Å². The zero-order valence-electron chi connectivity index (χ0n) is 12.7. The van der Waals surface area contributed by atoms with E-state index in [2.05, 4.69) is 42.5 Å². The molecule has 2 aromatic rings. The SMILES string of the molecule is CCCNC1CCCc2cccc(-c3nocc3C)c21.Cl. The van der Waals surface area contributed by atoms with Gasteiger partial charge in [-0.25, -0.2) is 0 Å². The first-order chi connectivity index (χ1) is 9.81. The first-order valence-electron chi connectivity index (χ1n) is 7.57. The summed E-state index contributed by atoms with van der Waals surface area (Å²) in [5, 5.41) is 7.90. The van der Waals surface area contributed by atoms with E-state index in [1.807, 2.05) is 0 Å². The molecule has 0 spiro atoms. The molecule has 0 fully saturated rings. The van der Waals surface area contributed by atoms with E-state index in [-0.39, 0.29) is 12.4 Å². The van der Waals surface area contributed by atoms with Gasteiger partial charge in [-0.1, -0.05) is 30.3 Å². The minimum absolute atomic E-state index is 0. The van der Waals surface area contributed by atoms with Crippen LogP contribution in [0, 0.1) is 6.92 Å². The van der Waals surface area contributed by atoms with Crippen molar-refractivity contribution in [3.63, 3.8) is 0 Å². The molecule has 3 rings (SSSR count). The number of halogens is 1. The van der Waals surface area contributed by atoms with Gasteiger partial charge in [-0.05, 0) is 50.3 Å². The number of nitrogens with zero attached hydrogens (tertiary/aromatic N) is 1. The summed E-state index contributed by atoms with van der Waals surface area (Å²) in [6.45, 7) is 5.34. The minimum Gasteiger partial charge on any atom is -0.364 e. The summed E-state index contributed by atoms with van der Waals surface area (Å²) < 4.78 is 5.14. The molecule has 21 heavy (non-hydrogen) atoms. The third-order valence-electron chi connectivity index (χ3n) is 4.13. The lowest BCUT2D eigenvalue weighted by atomic mass is 9.83. The van der Waals surface area contributed by atoms with E-state index in [9.17, 15) is 0 Å². The Bertz CT molecular complexity index is 594. The lowest BCUT2D eigenvalue weighted by Gasteiger charge is -2.28. The Kier molecular flexibility index (Phi) is 5.43. The lowest BCUT2D eigenvalue weighted by molar-refractivity contribution is 0.421. The quantitative estimate of drug-likeness (QED) is 0.907. The molecular weight excluding hydrogens is 284 g/mol. The maximum Gasteiger partial charge on any atom is 0.127 e. The lowest BCUT2D eigenvalue weighted by Crippen LogP contribution is -2.26. The van der Waals surface area contributed by atoms with Crippen molar-refractivity contribution < 1.29 is 4.52 Å². The van der Waals surface area contributed by atoms with E-state index in [0.717, 1.165) is 24.2 Å². The molecule has 1 aromatic carbocycles. The Morgan fingerprint density at radius 3 is 2.95 bits per heavy atom. The van der Waals surface area contributed by atoms with E-state index in [1.54, 1.807) is 6.26 Å². The van der Waals surface area contributed by atoms with Crippen molar-refractivity contribution in [3.05, 3.63) is 41.2 Å². The molecule has 0 bridgehead atoms. The van der Waals surface area contributed by atoms with Crippen LogP contribution < -0.4 is 5.32 Å². The van der Waals surface area contributed by atoms with Crippen molar-refractivity contribution >= 4 is 12.4 Å². The highest BCUT2D eigenvalue weighted by Crippen LogP contribution is 2.37. The fourth-order valence-corrected chi connectivity index (χ4v) is 3.16. The standard InChI is InChI=1S/C17H22N2O.ClH/c1-3-10-18-15-9-5-7-13-6-4-8-14(16(13)15)17-12(2)11-20-19-17;/h4,6,8,11,15,18H,3,5,7,9-10H2,1-2H3;1H. The zero-order valence-corrected chi connectivity index (χ0v) is 13.5. The molecule has 1 aliphatic rings. The van der Waals surface area contributed by atoms with Crippen molar-refractivity contribution in [2.45, 2.75) is 45.6 Å². The monoisotopic (exact) mass is 306 g/mol. The average Bonchev–Trinajstić information content (AvgIpc) is 2.90. The molecule has 1 atom stereocenters. The molecule has 0 saturated heterocycles. The van der Waals surface area contributed by atoms with Gasteiger partial charge in [0.1, 0.15) is 12.0 Å². The topological polar surface area (TPSA) is 38.1 Å². The Morgan fingerprint density at radius 2 is 2.24 bits per heavy atom. The molecule has 1 heterocycles. The van der Waals surface area contributed by atoms with Gasteiger partial charge in [-0.3, -0.25) is 0 Å². The first kappa shape index (κ1) is 16.1. The van der Waals surface area contributed by atoms with Gasteiger partial charge in [0.25, 0.3) is 0 Å². The van der Waals surface area contributed by atoms with Crippen LogP contribution in [0.1, 0.15) is 48.9 Å². The van der Waals surface area contributed by atoms with Crippen molar-refractivity contribution in [2.75, 3.05) is 6.54 Å². The number of aryl methyl sites for hydroxylation is 2. The molecule has 0 amide bonds. The molecular formula is C17H23ClN2O. The third-order valence-corrected chi connectivity index (χ3v) is 4.13. The molecule has 1 aliphatic carbocycles. The highest BCUT2D eigenvalue weighted by atomic mass is 35.5. The van der Waals surface area contributed by atoms with Crippen molar-refractivity contribution in [1.82, 2.24) is 10.5 Å². The Balaban J connectivity index is 0.00000161. The summed E-state index contributed by atoms with van der Waals surface area (Å²) in [7, 11) is 0. The Labute approximate surface area is 132 Å². The Morgan fingerprint density at radius 1 is 1.38 bits per heavy atom. The van der Waals surface area contributed by atoms with Crippen molar-refractivity contribution in [1.29, 1.82) is 0 Å². The van der Waals surface area contributed by atoms with Gasteiger partial charge in [0.2, 0.25) is 0 Å². The second-order valence-corrected chi connectivity index (χ2v) is 5.62. The number of hydrogen-bond donors (Lipinski definition) is 1. The van der Waals surface area contributed by atoms with Crippen LogP contribution in [0.5, 0.6) is 0 Å². The smallest absolute Gasteiger partial charge is 0.127 e. The van der Waals surface area contributed by atoms with Crippen LogP contribution in [0.4, 0.5) is 0 Å². The predicted octanol–water partition coefficient (Wildman–Crippen LogP) is 4.45. The van der Waals surface area contributed by atoms with Gasteiger partial charge in [0.05, 0.1) is 0 Å². The van der Waals surface area contributed by atoms with Crippen LogP contribution in [-0.4, -0.2) is 11.7 Å². The normalized spacial score (nSPS) is 17.1. The molecule has 0 radical (unpaired) electrons. The highest BCUT2D eigenvalue weighted by molar-refractivity contribution is 5.85. The van der Waals surface area contributed by atoms with Gasteiger partial charge < -0.3 is 9.84 Å². The molecule has 1 N–H and O–H groups in total. The number of hydrogen-bond acceptors (Lipinski definition) is 3. The summed E-state index contributed by atoms with van der Waals surface area (Å²) in [5.41, 5.74) is 6.24. The number of nitrogens with one attached hydrogen (secondary N) is 1. The van der Waals surface area contributed by atoms with Crippen LogP contribution in [-0.2, 0) is 6.42 Å². The predicted molar refractivity (Wildman–Crippen MR) is 87.9 cm³/mol. The van der Waals surface area contributed by atoms with E-state index in [4.69, 9.17) is 4.52 Å². The number of rotatable bonds is 4. The largest absolute Gasteiger partial charge is 0.364 e. The van der Waals surface area contributed by atoms with E-state index < -0.39 is 0 Å². The van der Waals surface area contributed by atoms with Gasteiger partial charge in [0, 0.05) is 17.2 Å². The summed E-state index contributed by atoms with van der Waals surface area (Å²) in [6, 6.07) is 7.03. The Hall–Kier alpha value is -1.32. The van der Waals surface area contributed by atoms with Gasteiger partial charge in [-0.15, -0.1) is 12.4 Å². The van der Waals surface area contributed by atoms with Crippen LogP contribution in [0.25, 0.3) is 11.3 Å². The van der Waals surface area contributed by atoms with E-state index in [1.165, 1.54) is 36.0 Å². The van der Waals surface area contributed by atoms with Gasteiger partial charge >= 0.3 is 0 Å². The van der Waals surface area contributed by atoms with Crippen LogP contribution in [0.2, 0.25) is 0 Å². The summed E-state index contributed by atoms with van der Waals surface area (Å²) in [4.78, 5) is 0. The first-order valence-corrected chi connectivity index (χ1v) is 7.57. The molecule has 1 aromatic heterocycles. The molecule has 3 nitrogen and oxygen atoms in total. The second kappa shape index (κ2) is 7.10. The number of fused-ring (bicyclic) bond motifs is 1. The van der Waals surface area contributed by atoms with Crippen LogP contribution in [0.3, 0.4) is 0 Å².